The third-order valence-electron chi connectivity index (χ3n) is 6.68. The van der Waals surface area contributed by atoms with Gasteiger partial charge in [0, 0.05) is 32.3 Å². The molecule has 2 fully saturated rings. The number of epoxide rings is 1. The van der Waals surface area contributed by atoms with E-state index in [9.17, 15) is 19.5 Å². The maximum Gasteiger partial charge on any atom is 0.305 e. The molecule has 1 aliphatic carbocycles. The summed E-state index contributed by atoms with van der Waals surface area (Å²) in [5.41, 5.74) is 1.58. The van der Waals surface area contributed by atoms with E-state index in [-0.39, 0.29) is 18.4 Å². The van der Waals surface area contributed by atoms with Gasteiger partial charge in [-0.05, 0) is 46.1 Å². The summed E-state index contributed by atoms with van der Waals surface area (Å²) >= 11 is 0. The first-order valence-corrected chi connectivity index (χ1v) is 11.9. The quantitative estimate of drug-likeness (QED) is 0.258. The molecule has 194 valence electrons. The number of carbonyl (C=O) groups is 3. The fourth-order valence-corrected chi connectivity index (χ4v) is 5.18. The SMILES string of the molecule is C=C1C[C@@H](O)[C@@H]2O[C@@]2(C)CC[C@@H]2C([C@@H](OC(C)=O)[C@H](C=C(C)C)OC(C)=O)=CO[C@H](OC(C)=O)[C@@H]12. The zero-order chi connectivity index (χ0) is 26.1. The minimum Gasteiger partial charge on any atom is -0.462 e. The Morgan fingerprint density at radius 2 is 1.80 bits per heavy atom. The van der Waals surface area contributed by atoms with Gasteiger partial charge in [-0.25, -0.2) is 0 Å². The minimum absolute atomic E-state index is 0.232. The van der Waals surface area contributed by atoms with E-state index < -0.39 is 54.0 Å². The predicted molar refractivity (Wildman–Crippen MR) is 125 cm³/mol. The Kier molecular flexibility index (Phi) is 8.11. The summed E-state index contributed by atoms with van der Waals surface area (Å²) in [6.45, 7) is 13.7. The maximum absolute atomic E-state index is 12.1. The maximum atomic E-state index is 12.1. The van der Waals surface area contributed by atoms with Crippen LogP contribution in [0.25, 0.3) is 0 Å². The van der Waals surface area contributed by atoms with Crippen LogP contribution >= 0.6 is 0 Å². The highest BCUT2D eigenvalue weighted by Crippen LogP contribution is 2.51. The average molecular weight is 493 g/mol. The van der Waals surface area contributed by atoms with Crippen molar-refractivity contribution in [3.8, 4) is 0 Å². The molecule has 2 heterocycles. The second-order valence-corrected chi connectivity index (χ2v) is 10.0. The minimum atomic E-state index is -0.973. The number of hydrogen-bond donors (Lipinski definition) is 1. The normalized spacial score (nSPS) is 33.5. The second kappa shape index (κ2) is 10.5. The van der Waals surface area contributed by atoms with Crippen molar-refractivity contribution in [1.82, 2.24) is 0 Å². The molecule has 0 aromatic carbocycles. The Bertz CT molecular complexity index is 931. The smallest absolute Gasteiger partial charge is 0.305 e. The van der Waals surface area contributed by atoms with Crippen molar-refractivity contribution in [2.75, 3.05) is 0 Å². The fourth-order valence-electron chi connectivity index (χ4n) is 5.18. The zero-order valence-electron chi connectivity index (χ0n) is 21.2. The number of fused-ring (bicyclic) bond motifs is 2. The molecule has 0 aromatic rings. The standard InChI is InChI=1S/C26H36O9/c1-13(2)10-21(32-15(4)27)23(33-16(5)28)19-12-31-25(34-17(6)29)22-14(3)11-20(30)24-26(7,35-24)9-8-18(19)22/h10,12,18,20-25,30H,3,8-9,11H2,1-2,4-7H3/t18-,20-,21+,22+,23-,24+,25-,26+/m1/s1. The molecule has 1 saturated heterocycles. The molecule has 0 aromatic heterocycles. The molecule has 1 N–H and O–H groups in total. The van der Waals surface area contributed by atoms with E-state index in [0.717, 1.165) is 5.57 Å². The molecule has 2 aliphatic heterocycles. The third kappa shape index (κ3) is 6.32. The second-order valence-electron chi connectivity index (χ2n) is 10.0. The molecule has 1 saturated carbocycles. The lowest BCUT2D eigenvalue weighted by Gasteiger charge is -2.41. The van der Waals surface area contributed by atoms with Gasteiger partial charge in [0.05, 0.1) is 23.9 Å². The molecule has 35 heavy (non-hydrogen) atoms. The largest absolute Gasteiger partial charge is 0.462 e. The molecule has 0 spiro atoms. The lowest BCUT2D eigenvalue weighted by Crippen LogP contribution is -2.45. The first kappa shape index (κ1) is 26.9. The van der Waals surface area contributed by atoms with Crippen LogP contribution in [-0.4, -0.2) is 59.3 Å². The lowest BCUT2D eigenvalue weighted by molar-refractivity contribution is -0.183. The van der Waals surface area contributed by atoms with Crippen LogP contribution < -0.4 is 0 Å². The summed E-state index contributed by atoms with van der Waals surface area (Å²) in [5, 5.41) is 10.7. The molecule has 3 aliphatic rings. The van der Waals surface area contributed by atoms with Crippen molar-refractivity contribution in [2.24, 2.45) is 11.8 Å². The number of esters is 3. The number of hydrogen-bond acceptors (Lipinski definition) is 9. The molecule has 9 nitrogen and oxygen atoms in total. The zero-order valence-corrected chi connectivity index (χ0v) is 21.2. The Morgan fingerprint density at radius 1 is 1.14 bits per heavy atom. The highest BCUT2D eigenvalue weighted by molar-refractivity contribution is 5.68. The number of allylic oxidation sites excluding steroid dienone is 1. The number of aliphatic hydroxyl groups is 1. The molecule has 9 heteroatoms. The van der Waals surface area contributed by atoms with Crippen LogP contribution in [0.5, 0.6) is 0 Å². The lowest BCUT2D eigenvalue weighted by atomic mass is 9.73. The Labute approximate surface area is 206 Å². The van der Waals surface area contributed by atoms with E-state index >= 15 is 0 Å². The van der Waals surface area contributed by atoms with Crippen molar-refractivity contribution in [3.63, 3.8) is 0 Å². The summed E-state index contributed by atoms with van der Waals surface area (Å²) in [6, 6.07) is 0. The van der Waals surface area contributed by atoms with E-state index in [0.29, 0.717) is 24.0 Å². The number of aliphatic hydroxyl groups excluding tert-OH is 1. The van der Waals surface area contributed by atoms with Gasteiger partial charge in [0.15, 0.2) is 12.2 Å². The molecular weight excluding hydrogens is 456 g/mol. The van der Waals surface area contributed by atoms with Crippen molar-refractivity contribution < 1.29 is 43.2 Å². The van der Waals surface area contributed by atoms with Crippen LogP contribution in [0.1, 0.15) is 60.8 Å². The van der Waals surface area contributed by atoms with Crippen LogP contribution in [0.3, 0.4) is 0 Å². The Balaban J connectivity index is 2.09. The van der Waals surface area contributed by atoms with Crippen LogP contribution in [0.4, 0.5) is 0 Å². The summed E-state index contributed by atoms with van der Waals surface area (Å²) < 4.78 is 28.5. The predicted octanol–water partition coefficient (Wildman–Crippen LogP) is 3.11. The van der Waals surface area contributed by atoms with E-state index in [4.69, 9.17) is 23.7 Å². The molecule has 3 rings (SSSR count). The van der Waals surface area contributed by atoms with E-state index in [2.05, 4.69) is 6.58 Å². The molecule has 0 radical (unpaired) electrons. The molecule has 0 bridgehead atoms. The molecular formula is C26H36O9. The fraction of sp³-hybridized carbons (Fsp3) is 0.654. The van der Waals surface area contributed by atoms with Crippen LogP contribution in [-0.2, 0) is 38.1 Å². The summed E-state index contributed by atoms with van der Waals surface area (Å²) in [6.07, 6.45) is 0.633. The van der Waals surface area contributed by atoms with Crippen molar-refractivity contribution in [1.29, 1.82) is 0 Å². The van der Waals surface area contributed by atoms with Gasteiger partial charge in [0.25, 0.3) is 0 Å². The van der Waals surface area contributed by atoms with Crippen molar-refractivity contribution in [2.45, 2.75) is 97.1 Å². The van der Waals surface area contributed by atoms with E-state index in [1.165, 1.54) is 27.0 Å². The molecule has 0 amide bonds. The van der Waals surface area contributed by atoms with Gasteiger partial charge < -0.3 is 28.8 Å². The van der Waals surface area contributed by atoms with Crippen molar-refractivity contribution in [3.05, 3.63) is 35.6 Å². The summed E-state index contributed by atoms with van der Waals surface area (Å²) in [4.78, 5) is 35.9. The summed E-state index contributed by atoms with van der Waals surface area (Å²) in [7, 11) is 0. The monoisotopic (exact) mass is 492 g/mol. The highest BCUT2D eigenvalue weighted by Gasteiger charge is 2.58. The van der Waals surface area contributed by atoms with Crippen LogP contribution in [0.15, 0.2) is 35.6 Å². The van der Waals surface area contributed by atoms with Gasteiger partial charge in [0.2, 0.25) is 6.29 Å². The number of carbonyl (C=O) groups excluding carboxylic acids is 3. The Hall–Kier alpha value is -2.65. The topological polar surface area (TPSA) is 121 Å². The van der Waals surface area contributed by atoms with E-state index in [1.807, 2.05) is 20.8 Å². The van der Waals surface area contributed by atoms with Crippen LogP contribution in [0.2, 0.25) is 0 Å². The van der Waals surface area contributed by atoms with Crippen molar-refractivity contribution >= 4 is 17.9 Å². The third-order valence-corrected chi connectivity index (χ3v) is 6.68. The first-order chi connectivity index (χ1) is 16.3. The van der Waals surface area contributed by atoms with Gasteiger partial charge in [-0.15, -0.1) is 0 Å². The molecule has 8 atom stereocenters. The van der Waals surface area contributed by atoms with E-state index in [1.54, 1.807) is 6.08 Å². The number of ether oxygens (including phenoxy) is 5. The van der Waals surface area contributed by atoms with Gasteiger partial charge in [0.1, 0.15) is 6.10 Å². The molecule has 0 unspecified atom stereocenters. The first-order valence-electron chi connectivity index (χ1n) is 11.9. The van der Waals surface area contributed by atoms with Gasteiger partial charge >= 0.3 is 17.9 Å². The summed E-state index contributed by atoms with van der Waals surface area (Å²) in [5.74, 6) is -2.46. The average Bonchev–Trinajstić information content (AvgIpc) is 3.39. The van der Waals surface area contributed by atoms with Gasteiger partial charge in [-0.3, -0.25) is 14.4 Å². The van der Waals surface area contributed by atoms with Gasteiger partial charge in [-0.2, -0.15) is 0 Å². The van der Waals surface area contributed by atoms with Crippen LogP contribution in [0, 0.1) is 11.8 Å². The highest BCUT2D eigenvalue weighted by atomic mass is 16.7. The Morgan fingerprint density at radius 3 is 2.37 bits per heavy atom. The van der Waals surface area contributed by atoms with Gasteiger partial charge in [-0.1, -0.05) is 17.7 Å². The number of rotatable bonds is 6.